The summed E-state index contributed by atoms with van der Waals surface area (Å²) in [5.41, 5.74) is 1.05. The van der Waals surface area contributed by atoms with Gasteiger partial charge in [0.1, 0.15) is 0 Å². The largest absolute Gasteiger partial charge is 0.493 e. The fourth-order valence-electron chi connectivity index (χ4n) is 3.06. The van der Waals surface area contributed by atoms with Crippen molar-refractivity contribution < 1.29 is 33.3 Å². The lowest BCUT2D eigenvalue weighted by Gasteiger charge is -2.29. The molecule has 0 radical (unpaired) electrons. The van der Waals surface area contributed by atoms with E-state index in [1.165, 1.54) is 35.5 Å². The average Bonchev–Trinajstić information content (AvgIpc) is 2.70. The van der Waals surface area contributed by atoms with E-state index in [1.807, 2.05) is 0 Å². The van der Waals surface area contributed by atoms with E-state index in [9.17, 15) is 9.59 Å². The molecule has 1 aliphatic heterocycles. The van der Waals surface area contributed by atoms with Gasteiger partial charge in [-0.25, -0.2) is 9.59 Å². The van der Waals surface area contributed by atoms with Crippen molar-refractivity contribution in [3.63, 3.8) is 0 Å². The van der Waals surface area contributed by atoms with Crippen molar-refractivity contribution in [2.45, 2.75) is 5.92 Å². The monoisotopic (exact) mass is 377 g/mol. The predicted octanol–water partition coefficient (Wildman–Crippen LogP) is 1.86. The molecule has 8 nitrogen and oxygen atoms in total. The minimum absolute atomic E-state index is 0.258. The van der Waals surface area contributed by atoms with Crippen LogP contribution in [0.25, 0.3) is 0 Å². The van der Waals surface area contributed by atoms with Gasteiger partial charge in [-0.3, -0.25) is 0 Å². The van der Waals surface area contributed by atoms with Gasteiger partial charge in [-0.1, -0.05) is 6.07 Å². The number of carbonyl (C=O) groups excluding carboxylic acids is 2. The average molecular weight is 377 g/mol. The first-order valence-electron chi connectivity index (χ1n) is 8.04. The maximum absolute atomic E-state index is 12.4. The van der Waals surface area contributed by atoms with E-state index in [2.05, 4.69) is 0 Å². The van der Waals surface area contributed by atoms with E-state index in [1.54, 1.807) is 36.5 Å². The number of nitrogens with zero attached hydrogens (tertiary/aromatic N) is 1. The van der Waals surface area contributed by atoms with E-state index >= 15 is 0 Å². The Morgan fingerprint density at radius 3 is 1.74 bits per heavy atom. The molecule has 2 rings (SSSR count). The Hall–Kier alpha value is -3.16. The van der Waals surface area contributed by atoms with E-state index in [-0.39, 0.29) is 11.1 Å². The number of hydrogen-bond acceptors (Lipinski definition) is 8. The fourth-order valence-corrected chi connectivity index (χ4v) is 3.06. The van der Waals surface area contributed by atoms with Crippen LogP contribution in [0.3, 0.4) is 0 Å². The van der Waals surface area contributed by atoms with Crippen molar-refractivity contribution in [2.75, 3.05) is 42.6 Å². The molecule has 0 aromatic heterocycles. The zero-order valence-corrected chi connectivity index (χ0v) is 16.2. The Labute approximate surface area is 157 Å². The number of benzene rings is 1. The molecular weight excluding hydrogens is 354 g/mol. The van der Waals surface area contributed by atoms with Gasteiger partial charge in [-0.2, -0.15) is 0 Å². The van der Waals surface area contributed by atoms with Crippen LogP contribution in [0.2, 0.25) is 0 Å². The summed E-state index contributed by atoms with van der Waals surface area (Å²) in [5, 5.41) is 0. The lowest BCUT2D eigenvalue weighted by molar-refractivity contribution is -0.137. The summed E-state index contributed by atoms with van der Waals surface area (Å²) in [6, 6.07) is 3.39. The standard InChI is InChI=1S/C19H23NO7/c1-20-9-12(18(21)26-5)15(13(10-20)19(22)27-6)11-7-8-14(23-2)17(25-4)16(11)24-3/h7-10,15H,1-6H3. The minimum Gasteiger partial charge on any atom is -0.493 e. The molecule has 146 valence electrons. The Bertz CT molecular complexity index is 763. The summed E-state index contributed by atoms with van der Waals surface area (Å²) in [5.74, 6) is -0.758. The van der Waals surface area contributed by atoms with Gasteiger partial charge in [0.05, 0.1) is 52.6 Å². The number of carbonyl (C=O) groups is 2. The SMILES string of the molecule is COC(=O)C1=CN(C)C=C(C(=O)OC)C1c1ccc(OC)c(OC)c1OC. The molecular formula is C19H23NO7. The van der Waals surface area contributed by atoms with Crippen LogP contribution in [0, 0.1) is 0 Å². The van der Waals surface area contributed by atoms with E-state index in [4.69, 9.17) is 23.7 Å². The van der Waals surface area contributed by atoms with Crippen molar-refractivity contribution in [2.24, 2.45) is 0 Å². The Morgan fingerprint density at radius 2 is 1.33 bits per heavy atom. The molecule has 0 spiro atoms. The normalized spacial score (nSPS) is 14.1. The van der Waals surface area contributed by atoms with Gasteiger partial charge in [0.2, 0.25) is 5.75 Å². The lowest BCUT2D eigenvalue weighted by atomic mass is 9.82. The first-order valence-corrected chi connectivity index (χ1v) is 8.04. The van der Waals surface area contributed by atoms with Gasteiger partial charge in [-0.05, 0) is 6.07 Å². The van der Waals surface area contributed by atoms with E-state index < -0.39 is 17.9 Å². The van der Waals surface area contributed by atoms with Crippen molar-refractivity contribution in [3.8, 4) is 17.2 Å². The second kappa shape index (κ2) is 8.48. The number of esters is 2. The maximum Gasteiger partial charge on any atom is 0.336 e. The summed E-state index contributed by atoms with van der Waals surface area (Å²) in [6.07, 6.45) is 3.19. The number of methoxy groups -OCH3 is 5. The van der Waals surface area contributed by atoms with Gasteiger partial charge in [0.15, 0.2) is 11.5 Å². The van der Waals surface area contributed by atoms with Crippen LogP contribution in [-0.2, 0) is 19.1 Å². The zero-order valence-electron chi connectivity index (χ0n) is 16.2. The second-order valence-electron chi connectivity index (χ2n) is 5.67. The number of hydrogen-bond donors (Lipinski definition) is 0. The van der Waals surface area contributed by atoms with Crippen molar-refractivity contribution in [3.05, 3.63) is 41.2 Å². The summed E-state index contributed by atoms with van der Waals surface area (Å²) >= 11 is 0. The quantitative estimate of drug-likeness (QED) is 0.695. The first-order chi connectivity index (χ1) is 12.9. The molecule has 0 N–H and O–H groups in total. The van der Waals surface area contributed by atoms with Gasteiger partial charge >= 0.3 is 11.9 Å². The molecule has 1 aromatic rings. The predicted molar refractivity (Wildman–Crippen MR) is 96.8 cm³/mol. The van der Waals surface area contributed by atoms with Crippen LogP contribution in [0.1, 0.15) is 11.5 Å². The Balaban J connectivity index is 2.76. The maximum atomic E-state index is 12.4. The molecule has 0 aliphatic carbocycles. The third-order valence-electron chi connectivity index (χ3n) is 4.20. The summed E-state index contributed by atoms with van der Waals surface area (Å²) in [6.45, 7) is 0. The summed E-state index contributed by atoms with van der Waals surface area (Å²) in [7, 11) is 8.72. The van der Waals surface area contributed by atoms with Crippen LogP contribution in [0.4, 0.5) is 0 Å². The lowest BCUT2D eigenvalue weighted by Crippen LogP contribution is -2.27. The smallest absolute Gasteiger partial charge is 0.336 e. The van der Waals surface area contributed by atoms with Crippen LogP contribution in [0.15, 0.2) is 35.7 Å². The van der Waals surface area contributed by atoms with Crippen molar-refractivity contribution >= 4 is 11.9 Å². The Kier molecular flexibility index (Phi) is 6.33. The molecule has 0 fully saturated rings. The van der Waals surface area contributed by atoms with Crippen LogP contribution in [0.5, 0.6) is 17.2 Å². The molecule has 1 aromatic carbocycles. The molecule has 0 saturated heterocycles. The van der Waals surface area contributed by atoms with Crippen LogP contribution < -0.4 is 14.2 Å². The minimum atomic E-state index is -0.768. The Morgan fingerprint density at radius 1 is 0.815 bits per heavy atom. The highest BCUT2D eigenvalue weighted by Crippen LogP contribution is 2.47. The van der Waals surface area contributed by atoms with Crippen LogP contribution in [-0.4, -0.2) is 59.4 Å². The second-order valence-corrected chi connectivity index (χ2v) is 5.67. The summed E-state index contributed by atoms with van der Waals surface area (Å²) in [4.78, 5) is 26.5. The molecule has 0 unspecified atom stereocenters. The molecule has 0 atom stereocenters. The van der Waals surface area contributed by atoms with Crippen molar-refractivity contribution in [1.29, 1.82) is 0 Å². The highest BCUT2D eigenvalue weighted by atomic mass is 16.5. The number of ether oxygens (including phenoxy) is 5. The summed E-state index contributed by atoms with van der Waals surface area (Å²) < 4.78 is 26.1. The van der Waals surface area contributed by atoms with Gasteiger partial charge in [0.25, 0.3) is 0 Å². The molecule has 0 amide bonds. The van der Waals surface area contributed by atoms with Crippen molar-refractivity contribution in [1.82, 2.24) is 4.90 Å². The highest BCUT2D eigenvalue weighted by molar-refractivity contribution is 5.99. The molecule has 0 bridgehead atoms. The highest BCUT2D eigenvalue weighted by Gasteiger charge is 2.37. The van der Waals surface area contributed by atoms with Gasteiger partial charge < -0.3 is 28.6 Å². The van der Waals surface area contributed by atoms with Gasteiger partial charge in [0, 0.05) is 25.0 Å². The van der Waals surface area contributed by atoms with Crippen LogP contribution >= 0.6 is 0 Å². The first kappa shape index (κ1) is 20.2. The third kappa shape index (κ3) is 3.69. The molecule has 0 saturated carbocycles. The zero-order chi connectivity index (χ0) is 20.1. The molecule has 1 aliphatic rings. The molecule has 27 heavy (non-hydrogen) atoms. The van der Waals surface area contributed by atoms with E-state index in [0.29, 0.717) is 22.8 Å². The fraction of sp³-hybridized carbons (Fsp3) is 0.368. The number of rotatable bonds is 6. The van der Waals surface area contributed by atoms with E-state index in [0.717, 1.165) is 0 Å². The third-order valence-corrected chi connectivity index (χ3v) is 4.20. The topological polar surface area (TPSA) is 83.5 Å². The van der Waals surface area contributed by atoms with Gasteiger partial charge in [-0.15, -0.1) is 0 Å². The molecule has 8 heteroatoms. The molecule has 1 heterocycles.